The van der Waals surface area contributed by atoms with Gasteiger partial charge in [0, 0.05) is 12.6 Å². The maximum absolute atomic E-state index is 12.4. The third-order valence-electron chi connectivity index (χ3n) is 3.28. The van der Waals surface area contributed by atoms with E-state index in [1.165, 1.54) is 18.3 Å². The Morgan fingerprint density at radius 1 is 1.04 bits per heavy atom. The van der Waals surface area contributed by atoms with Crippen LogP contribution in [0.25, 0.3) is 0 Å². The fourth-order valence-electron chi connectivity index (χ4n) is 2.17. The fraction of sp³-hybridized carbons (Fsp3) is 0.111. The van der Waals surface area contributed by atoms with Crippen molar-refractivity contribution in [1.29, 1.82) is 0 Å². The molecule has 8 heteroatoms. The summed E-state index contributed by atoms with van der Waals surface area (Å²) in [5.41, 5.74) is 1.20. The normalized spacial score (nSPS) is 10.2. The van der Waals surface area contributed by atoms with Crippen LogP contribution in [0, 0.1) is 0 Å². The van der Waals surface area contributed by atoms with Crippen molar-refractivity contribution >= 4 is 34.0 Å². The molecule has 0 radical (unpaired) electrons. The number of nitrogens with zero attached hydrogens (tertiary/aromatic N) is 2. The van der Waals surface area contributed by atoms with E-state index in [-0.39, 0.29) is 23.8 Å². The first-order chi connectivity index (χ1) is 12.6. The number of para-hydroxylation sites is 2. The van der Waals surface area contributed by atoms with Gasteiger partial charge in [0.2, 0.25) is 5.13 Å². The van der Waals surface area contributed by atoms with Gasteiger partial charge in [0.05, 0.1) is 12.1 Å². The van der Waals surface area contributed by atoms with E-state index in [1.807, 2.05) is 30.3 Å². The molecule has 0 bridgehead atoms. The molecule has 7 nitrogen and oxygen atoms in total. The number of aromatic nitrogens is 2. The molecular formula is C18H16N4O3S. The molecule has 3 aromatic rings. The van der Waals surface area contributed by atoms with Crippen molar-refractivity contribution in [1.82, 2.24) is 15.5 Å². The minimum atomic E-state index is -0.481. The molecular weight excluding hydrogens is 352 g/mol. The van der Waals surface area contributed by atoms with Crippen LogP contribution in [-0.2, 0) is 11.3 Å². The quantitative estimate of drug-likeness (QED) is 0.513. The minimum absolute atomic E-state index is 0.223. The highest BCUT2D eigenvalue weighted by Gasteiger charge is 2.14. The summed E-state index contributed by atoms with van der Waals surface area (Å²) in [5, 5.41) is 15.3. The first-order valence-electron chi connectivity index (χ1n) is 7.82. The number of nitrogens with one attached hydrogen (secondary N) is 2. The van der Waals surface area contributed by atoms with E-state index < -0.39 is 5.97 Å². The van der Waals surface area contributed by atoms with Gasteiger partial charge in [0.1, 0.15) is 10.8 Å². The lowest BCUT2D eigenvalue weighted by molar-refractivity contribution is -0.131. The molecule has 0 saturated carbocycles. The van der Waals surface area contributed by atoms with E-state index >= 15 is 0 Å². The van der Waals surface area contributed by atoms with Crippen LogP contribution in [-0.4, -0.2) is 22.1 Å². The molecule has 0 aliphatic rings. The number of benzene rings is 2. The van der Waals surface area contributed by atoms with Crippen molar-refractivity contribution in [2.75, 3.05) is 5.32 Å². The van der Waals surface area contributed by atoms with Crippen LogP contribution in [0.1, 0.15) is 22.3 Å². The lowest BCUT2D eigenvalue weighted by Gasteiger charge is -2.08. The predicted octanol–water partition coefficient (Wildman–Crippen LogP) is 3.14. The number of hydrogen-bond acceptors (Lipinski definition) is 7. The number of carbonyl (C=O) groups excluding carboxylic acids is 2. The monoisotopic (exact) mass is 368 g/mol. The second kappa shape index (κ2) is 8.21. The molecule has 1 amide bonds. The molecule has 2 aromatic carbocycles. The molecule has 1 heterocycles. The summed E-state index contributed by atoms with van der Waals surface area (Å²) >= 11 is 1.35. The van der Waals surface area contributed by atoms with E-state index in [0.29, 0.717) is 10.1 Å². The number of anilines is 2. The van der Waals surface area contributed by atoms with Gasteiger partial charge in [-0.15, -0.1) is 10.2 Å². The van der Waals surface area contributed by atoms with Crippen LogP contribution in [0.4, 0.5) is 10.8 Å². The maximum atomic E-state index is 12.4. The molecule has 3 rings (SSSR count). The number of amides is 1. The van der Waals surface area contributed by atoms with Gasteiger partial charge in [0.15, 0.2) is 0 Å². The average molecular weight is 368 g/mol. The number of hydrogen-bond donors (Lipinski definition) is 2. The van der Waals surface area contributed by atoms with Crippen molar-refractivity contribution < 1.29 is 14.3 Å². The van der Waals surface area contributed by atoms with Crippen LogP contribution in [0.2, 0.25) is 0 Å². The molecule has 0 aliphatic carbocycles. The zero-order chi connectivity index (χ0) is 18.4. The van der Waals surface area contributed by atoms with Crippen molar-refractivity contribution in [3.05, 3.63) is 65.2 Å². The maximum Gasteiger partial charge on any atom is 0.308 e. The summed E-state index contributed by atoms with van der Waals surface area (Å²) in [4.78, 5) is 23.5. The van der Waals surface area contributed by atoms with E-state index in [0.717, 1.165) is 5.69 Å². The van der Waals surface area contributed by atoms with E-state index in [4.69, 9.17) is 4.74 Å². The summed E-state index contributed by atoms with van der Waals surface area (Å²) < 4.78 is 5.05. The van der Waals surface area contributed by atoms with Gasteiger partial charge in [0.25, 0.3) is 5.91 Å². The minimum Gasteiger partial charge on any atom is -0.426 e. The van der Waals surface area contributed by atoms with Crippen molar-refractivity contribution in [3.63, 3.8) is 0 Å². The molecule has 0 spiro atoms. The molecule has 2 N–H and O–H groups in total. The van der Waals surface area contributed by atoms with Gasteiger partial charge in [-0.2, -0.15) is 0 Å². The van der Waals surface area contributed by atoms with E-state index in [9.17, 15) is 9.59 Å². The van der Waals surface area contributed by atoms with Gasteiger partial charge in [-0.3, -0.25) is 9.59 Å². The van der Waals surface area contributed by atoms with Crippen LogP contribution in [0.5, 0.6) is 5.75 Å². The van der Waals surface area contributed by atoms with Crippen molar-refractivity contribution in [2.24, 2.45) is 0 Å². The predicted molar refractivity (Wildman–Crippen MR) is 98.6 cm³/mol. The van der Waals surface area contributed by atoms with Crippen LogP contribution in [0.3, 0.4) is 0 Å². The van der Waals surface area contributed by atoms with Crippen LogP contribution < -0.4 is 15.4 Å². The smallest absolute Gasteiger partial charge is 0.308 e. The summed E-state index contributed by atoms with van der Waals surface area (Å²) in [7, 11) is 0. The second-order valence-electron chi connectivity index (χ2n) is 5.26. The summed E-state index contributed by atoms with van der Waals surface area (Å²) in [6, 6.07) is 16.2. The molecule has 0 fully saturated rings. The number of ether oxygens (including phenoxy) is 1. The summed E-state index contributed by atoms with van der Waals surface area (Å²) in [6.07, 6.45) is 0. The zero-order valence-electron chi connectivity index (χ0n) is 13.9. The molecule has 0 unspecified atom stereocenters. The third kappa shape index (κ3) is 4.64. The molecule has 0 aliphatic heterocycles. The SMILES string of the molecule is CC(=O)Oc1ccccc1C(=O)NCc1nnc(Nc2ccccc2)s1. The zero-order valence-corrected chi connectivity index (χ0v) is 14.7. The standard InChI is InChI=1S/C18H16N4O3S/c1-12(23)25-15-10-6-5-9-14(15)17(24)19-11-16-21-22-18(26-16)20-13-7-3-2-4-8-13/h2-10H,11H2,1H3,(H,19,24)(H,20,22). The Morgan fingerprint density at radius 3 is 2.54 bits per heavy atom. The van der Waals surface area contributed by atoms with E-state index in [1.54, 1.807) is 24.3 Å². The lowest BCUT2D eigenvalue weighted by Crippen LogP contribution is -2.23. The van der Waals surface area contributed by atoms with Gasteiger partial charge in [-0.05, 0) is 24.3 Å². The fourth-order valence-corrected chi connectivity index (χ4v) is 2.87. The van der Waals surface area contributed by atoms with Crippen LogP contribution in [0.15, 0.2) is 54.6 Å². The topological polar surface area (TPSA) is 93.2 Å². The van der Waals surface area contributed by atoms with E-state index in [2.05, 4.69) is 20.8 Å². The Balaban J connectivity index is 1.61. The highest BCUT2D eigenvalue weighted by atomic mass is 32.1. The number of rotatable bonds is 6. The Labute approximate surface area is 154 Å². The largest absolute Gasteiger partial charge is 0.426 e. The van der Waals surface area contributed by atoms with Gasteiger partial charge in [-0.25, -0.2) is 0 Å². The molecule has 0 atom stereocenters. The molecule has 0 saturated heterocycles. The number of esters is 1. The van der Waals surface area contributed by atoms with Crippen LogP contribution >= 0.6 is 11.3 Å². The molecule has 132 valence electrons. The number of carbonyl (C=O) groups is 2. The summed E-state index contributed by atoms with van der Waals surface area (Å²) in [5.74, 6) is -0.609. The second-order valence-corrected chi connectivity index (χ2v) is 6.33. The first-order valence-corrected chi connectivity index (χ1v) is 8.63. The highest BCUT2D eigenvalue weighted by Crippen LogP contribution is 2.21. The third-order valence-corrected chi connectivity index (χ3v) is 4.12. The molecule has 1 aromatic heterocycles. The Bertz CT molecular complexity index is 912. The van der Waals surface area contributed by atoms with Gasteiger partial charge < -0.3 is 15.4 Å². The van der Waals surface area contributed by atoms with Gasteiger partial charge >= 0.3 is 5.97 Å². The highest BCUT2D eigenvalue weighted by molar-refractivity contribution is 7.15. The van der Waals surface area contributed by atoms with Gasteiger partial charge in [-0.1, -0.05) is 41.7 Å². The summed E-state index contributed by atoms with van der Waals surface area (Å²) in [6.45, 7) is 1.51. The molecule has 26 heavy (non-hydrogen) atoms. The van der Waals surface area contributed by atoms with Crippen molar-refractivity contribution in [2.45, 2.75) is 13.5 Å². The average Bonchev–Trinajstić information content (AvgIpc) is 3.08. The lowest BCUT2D eigenvalue weighted by atomic mass is 10.2. The Hall–Kier alpha value is -3.26. The Kier molecular flexibility index (Phi) is 5.55. The first kappa shape index (κ1) is 17.6. The van der Waals surface area contributed by atoms with Crippen molar-refractivity contribution in [3.8, 4) is 5.75 Å². The Morgan fingerprint density at radius 2 is 1.77 bits per heavy atom.